The van der Waals surface area contributed by atoms with Crippen molar-refractivity contribution in [1.82, 2.24) is 9.97 Å². The Kier molecular flexibility index (Phi) is 6.56. The molecule has 9 heteroatoms. The first-order valence-corrected chi connectivity index (χ1v) is 9.88. The molecular formula is C20H15Br2N3O4. The number of benzene rings is 2. The predicted molar refractivity (Wildman–Crippen MR) is 115 cm³/mol. The number of fused-ring (bicyclic) bond motifs is 1. The number of carbonyl (C=O) groups excluding carboxylic acids is 1. The van der Waals surface area contributed by atoms with Gasteiger partial charge in [0.2, 0.25) is 0 Å². The number of nitrogens with one attached hydrogen (secondary N) is 1. The summed E-state index contributed by atoms with van der Waals surface area (Å²) in [6.07, 6.45) is 1.70. The summed E-state index contributed by atoms with van der Waals surface area (Å²) >= 11 is 6.85. The van der Waals surface area contributed by atoms with Crippen LogP contribution in [0.25, 0.3) is 22.7 Å². The second kappa shape index (κ2) is 9.11. The van der Waals surface area contributed by atoms with Crippen molar-refractivity contribution in [2.75, 3.05) is 20.8 Å². The number of nitriles is 1. The molecular weight excluding hydrogens is 506 g/mol. The number of hydrogen-bond acceptors (Lipinski definition) is 6. The monoisotopic (exact) mass is 519 g/mol. The van der Waals surface area contributed by atoms with Crippen molar-refractivity contribution in [1.29, 1.82) is 5.26 Å². The number of aromatic amines is 1. The molecule has 0 aliphatic carbocycles. The topological polar surface area (TPSA) is 97.2 Å². The second-order valence-electron chi connectivity index (χ2n) is 5.82. The second-order valence-corrected chi connectivity index (χ2v) is 7.53. The minimum Gasteiger partial charge on any atom is -0.497 e. The van der Waals surface area contributed by atoms with Crippen LogP contribution in [0.15, 0.2) is 39.3 Å². The van der Waals surface area contributed by atoms with Gasteiger partial charge in [-0.2, -0.15) is 5.26 Å². The number of esters is 1. The van der Waals surface area contributed by atoms with Gasteiger partial charge in [-0.05, 0) is 67.8 Å². The maximum absolute atomic E-state index is 11.3. The number of rotatable bonds is 6. The van der Waals surface area contributed by atoms with Crippen LogP contribution in [0.2, 0.25) is 0 Å². The van der Waals surface area contributed by atoms with E-state index in [4.69, 9.17) is 9.47 Å². The Hall–Kier alpha value is -2.83. The molecule has 0 fully saturated rings. The Labute approximate surface area is 183 Å². The van der Waals surface area contributed by atoms with Crippen molar-refractivity contribution in [3.8, 4) is 17.6 Å². The average molecular weight is 521 g/mol. The number of carbonyl (C=O) groups is 1. The number of imidazole rings is 1. The van der Waals surface area contributed by atoms with Crippen LogP contribution in [0, 0.1) is 11.3 Å². The molecule has 0 unspecified atom stereocenters. The summed E-state index contributed by atoms with van der Waals surface area (Å²) < 4.78 is 16.5. The molecule has 0 saturated carbocycles. The van der Waals surface area contributed by atoms with Crippen LogP contribution in [0.3, 0.4) is 0 Å². The standard InChI is InChI=1S/C20H15Br2N3O4/c1-27-13-3-4-16-17(8-13)25-20(24-16)12(9-23)5-11-6-14(21)19(15(22)7-11)29-10-18(26)28-2/h3-8H,10H2,1-2H3,(H,24,25)/b12-5-. The number of ether oxygens (including phenoxy) is 3. The summed E-state index contributed by atoms with van der Waals surface area (Å²) in [5.74, 6) is 1.13. The SMILES string of the molecule is COC(=O)COc1c(Br)cc(/C=C(/C#N)c2nc3ccc(OC)cc3[nH]2)cc1Br. The van der Waals surface area contributed by atoms with E-state index in [1.165, 1.54) is 7.11 Å². The number of halogens is 2. The third kappa shape index (κ3) is 4.78. The number of nitrogens with zero attached hydrogens (tertiary/aromatic N) is 2. The zero-order valence-electron chi connectivity index (χ0n) is 15.5. The van der Waals surface area contributed by atoms with E-state index < -0.39 is 5.97 Å². The molecule has 0 aliphatic heterocycles. The van der Waals surface area contributed by atoms with Gasteiger partial charge in [0, 0.05) is 6.07 Å². The molecule has 2 aromatic carbocycles. The minimum atomic E-state index is -0.485. The fraction of sp³-hybridized carbons (Fsp3) is 0.150. The normalized spacial score (nSPS) is 11.2. The van der Waals surface area contributed by atoms with Crippen molar-refractivity contribution < 1.29 is 19.0 Å². The number of aromatic nitrogens is 2. The van der Waals surface area contributed by atoms with Gasteiger partial charge in [-0.3, -0.25) is 0 Å². The molecule has 0 saturated heterocycles. The predicted octanol–water partition coefficient (Wildman–Crippen LogP) is 4.71. The molecule has 0 spiro atoms. The van der Waals surface area contributed by atoms with Gasteiger partial charge in [0.15, 0.2) is 6.61 Å². The van der Waals surface area contributed by atoms with Gasteiger partial charge in [0.1, 0.15) is 23.4 Å². The highest BCUT2D eigenvalue weighted by atomic mass is 79.9. The summed E-state index contributed by atoms with van der Waals surface area (Å²) in [6.45, 7) is -0.214. The molecule has 1 aromatic heterocycles. The largest absolute Gasteiger partial charge is 0.497 e. The lowest BCUT2D eigenvalue weighted by atomic mass is 10.1. The van der Waals surface area contributed by atoms with Gasteiger partial charge in [0.05, 0.1) is 39.8 Å². The maximum atomic E-state index is 11.3. The summed E-state index contributed by atoms with van der Waals surface area (Å²) in [5.41, 5.74) is 2.61. The third-order valence-corrected chi connectivity index (χ3v) is 5.14. The van der Waals surface area contributed by atoms with E-state index in [9.17, 15) is 10.1 Å². The van der Waals surface area contributed by atoms with Gasteiger partial charge < -0.3 is 19.2 Å². The zero-order valence-corrected chi connectivity index (χ0v) is 18.6. The average Bonchev–Trinajstić information content (AvgIpc) is 3.14. The lowest BCUT2D eigenvalue weighted by molar-refractivity contribution is -0.142. The first-order chi connectivity index (χ1) is 13.9. The lowest BCUT2D eigenvalue weighted by Crippen LogP contribution is -2.13. The molecule has 1 N–H and O–H groups in total. The van der Waals surface area contributed by atoms with Crippen LogP contribution in [0.4, 0.5) is 0 Å². The molecule has 0 amide bonds. The Balaban J connectivity index is 1.93. The van der Waals surface area contributed by atoms with Gasteiger partial charge in [-0.1, -0.05) is 0 Å². The summed E-state index contributed by atoms with van der Waals surface area (Å²) in [5, 5.41) is 9.63. The van der Waals surface area contributed by atoms with Crippen LogP contribution in [0.1, 0.15) is 11.4 Å². The smallest absolute Gasteiger partial charge is 0.343 e. The summed E-state index contributed by atoms with van der Waals surface area (Å²) in [4.78, 5) is 18.9. The van der Waals surface area contributed by atoms with Gasteiger partial charge in [0.25, 0.3) is 0 Å². The first-order valence-electron chi connectivity index (χ1n) is 8.29. The highest BCUT2D eigenvalue weighted by Gasteiger charge is 2.13. The van der Waals surface area contributed by atoms with Crippen LogP contribution < -0.4 is 9.47 Å². The van der Waals surface area contributed by atoms with Crippen LogP contribution in [-0.2, 0) is 9.53 Å². The zero-order chi connectivity index (χ0) is 21.0. The summed E-state index contributed by atoms with van der Waals surface area (Å²) in [7, 11) is 2.88. The molecule has 3 aromatic rings. The van der Waals surface area contributed by atoms with Gasteiger partial charge >= 0.3 is 5.97 Å². The van der Waals surface area contributed by atoms with Crippen molar-refractivity contribution in [3.63, 3.8) is 0 Å². The van der Waals surface area contributed by atoms with E-state index in [0.717, 1.165) is 16.6 Å². The quantitative estimate of drug-likeness (QED) is 0.373. The molecule has 0 bridgehead atoms. The van der Waals surface area contributed by atoms with Crippen LogP contribution in [-0.4, -0.2) is 36.8 Å². The van der Waals surface area contributed by atoms with Crippen molar-refractivity contribution in [3.05, 3.63) is 50.7 Å². The Morgan fingerprint density at radius 1 is 1.24 bits per heavy atom. The van der Waals surface area contributed by atoms with E-state index in [2.05, 4.69) is 52.6 Å². The Bertz CT molecular complexity index is 1130. The first kappa shape index (κ1) is 20.9. The molecule has 0 aliphatic rings. The number of H-pyrrole nitrogens is 1. The Morgan fingerprint density at radius 3 is 2.59 bits per heavy atom. The highest BCUT2D eigenvalue weighted by molar-refractivity contribution is 9.11. The third-order valence-electron chi connectivity index (χ3n) is 3.96. The van der Waals surface area contributed by atoms with Crippen molar-refractivity contribution in [2.45, 2.75) is 0 Å². The molecule has 148 valence electrons. The van der Waals surface area contributed by atoms with Crippen molar-refractivity contribution >= 4 is 60.5 Å². The van der Waals surface area contributed by atoms with Gasteiger partial charge in [-0.15, -0.1) is 0 Å². The van der Waals surface area contributed by atoms with E-state index >= 15 is 0 Å². The van der Waals surface area contributed by atoms with E-state index in [0.29, 0.717) is 31.8 Å². The fourth-order valence-corrected chi connectivity index (χ4v) is 4.01. The molecule has 29 heavy (non-hydrogen) atoms. The highest BCUT2D eigenvalue weighted by Crippen LogP contribution is 2.36. The molecule has 3 rings (SSSR count). The number of allylic oxidation sites excluding steroid dienone is 1. The van der Waals surface area contributed by atoms with Crippen LogP contribution >= 0.6 is 31.9 Å². The molecule has 7 nitrogen and oxygen atoms in total. The van der Waals surface area contributed by atoms with E-state index in [1.807, 2.05) is 18.2 Å². The lowest BCUT2D eigenvalue weighted by Gasteiger charge is -2.10. The fourth-order valence-electron chi connectivity index (χ4n) is 2.55. The van der Waals surface area contributed by atoms with E-state index in [1.54, 1.807) is 25.3 Å². The van der Waals surface area contributed by atoms with Crippen LogP contribution in [0.5, 0.6) is 11.5 Å². The minimum absolute atomic E-state index is 0.214. The molecule has 1 heterocycles. The van der Waals surface area contributed by atoms with E-state index in [-0.39, 0.29) is 6.61 Å². The number of methoxy groups -OCH3 is 2. The summed E-state index contributed by atoms with van der Waals surface area (Å²) in [6, 6.07) is 11.2. The van der Waals surface area contributed by atoms with Gasteiger partial charge in [-0.25, -0.2) is 9.78 Å². The maximum Gasteiger partial charge on any atom is 0.343 e. The molecule has 0 atom stereocenters. The number of hydrogen-bond donors (Lipinski definition) is 1. The van der Waals surface area contributed by atoms with Crippen molar-refractivity contribution in [2.24, 2.45) is 0 Å². The molecule has 0 radical (unpaired) electrons. The Morgan fingerprint density at radius 2 is 1.97 bits per heavy atom.